The zero-order valence-corrected chi connectivity index (χ0v) is 22.7. The molecule has 1 aliphatic carbocycles. The van der Waals surface area contributed by atoms with Gasteiger partial charge in [-0.3, -0.25) is 5.41 Å². The van der Waals surface area contributed by atoms with Crippen LogP contribution in [0.4, 0.5) is 10.2 Å². The van der Waals surface area contributed by atoms with Crippen molar-refractivity contribution in [3.05, 3.63) is 97.6 Å². The highest BCUT2D eigenvalue weighted by Crippen LogP contribution is 2.41. The summed E-state index contributed by atoms with van der Waals surface area (Å²) < 4.78 is 20.2. The third-order valence-corrected chi connectivity index (χ3v) is 7.71. The summed E-state index contributed by atoms with van der Waals surface area (Å²) in [6, 6.07) is 12.7. The average molecular weight is 588 g/mol. The summed E-state index contributed by atoms with van der Waals surface area (Å²) in [5, 5.41) is 40.4. The molecule has 1 aromatic heterocycles. The number of ether oxygens (including phenoxy) is 1. The van der Waals surface area contributed by atoms with Gasteiger partial charge in [-0.15, -0.1) is 0 Å². The van der Waals surface area contributed by atoms with Crippen molar-refractivity contribution < 1.29 is 19.3 Å². The Hall–Kier alpha value is -3.35. The van der Waals surface area contributed by atoms with Crippen LogP contribution in [0.2, 0.25) is 15.1 Å². The van der Waals surface area contributed by atoms with Gasteiger partial charge in [0.2, 0.25) is 0 Å². The Labute approximate surface area is 239 Å². The van der Waals surface area contributed by atoms with Crippen molar-refractivity contribution in [3.8, 4) is 11.8 Å². The van der Waals surface area contributed by atoms with E-state index >= 15 is 0 Å². The molecule has 1 aliphatic heterocycles. The molecule has 1 saturated carbocycles. The first-order chi connectivity index (χ1) is 18.6. The standard InChI is InChI=1S/C28H22Cl3FN4O3/c29-20-2-1-3-21(30)24(20)25(34)18(26(37)16-4-5-16)12-39-17-6-7-19(22(31)9-17)28(38)13-36(14-28)27-23(32)8-15(10-33)11-35-27/h1-3,6-9,11,16,34,37-38H,4-5,12-14H2/b26-18-,34-25?. The van der Waals surface area contributed by atoms with Crippen LogP contribution in [0, 0.1) is 28.5 Å². The summed E-state index contributed by atoms with van der Waals surface area (Å²) in [6.07, 6.45) is 2.91. The second-order valence-corrected chi connectivity index (χ2v) is 10.8. The number of pyridine rings is 1. The molecule has 7 nitrogen and oxygen atoms in total. The largest absolute Gasteiger partial charge is 0.512 e. The number of nitrogens with zero attached hydrogens (tertiary/aromatic N) is 3. The lowest BCUT2D eigenvalue weighted by atomic mass is 9.86. The van der Waals surface area contributed by atoms with E-state index in [0.717, 1.165) is 18.9 Å². The van der Waals surface area contributed by atoms with Crippen molar-refractivity contribution in [2.24, 2.45) is 5.92 Å². The number of benzene rings is 2. The lowest BCUT2D eigenvalue weighted by Crippen LogP contribution is -2.60. The number of hydrogen-bond donors (Lipinski definition) is 3. The first kappa shape index (κ1) is 27.2. The smallest absolute Gasteiger partial charge is 0.166 e. The first-order valence-electron chi connectivity index (χ1n) is 12.0. The van der Waals surface area contributed by atoms with Crippen LogP contribution in [0.15, 0.2) is 60.0 Å². The highest BCUT2D eigenvalue weighted by atomic mass is 35.5. The topological polar surface area (TPSA) is 113 Å². The third kappa shape index (κ3) is 5.41. The van der Waals surface area contributed by atoms with Crippen LogP contribution in [0.1, 0.15) is 29.5 Å². The minimum atomic E-state index is -1.34. The minimum Gasteiger partial charge on any atom is -0.512 e. The molecule has 200 valence electrons. The normalized spacial score (nSPS) is 16.7. The molecule has 3 aromatic rings. The first-order valence-corrected chi connectivity index (χ1v) is 13.2. The maximum atomic E-state index is 14.3. The van der Waals surface area contributed by atoms with Crippen molar-refractivity contribution in [2.45, 2.75) is 18.4 Å². The molecule has 1 saturated heterocycles. The number of β-amino-alcohol motifs (C(OH)–C–C–N with tert-alkyl or cyclic N) is 1. The van der Waals surface area contributed by atoms with Gasteiger partial charge in [-0.25, -0.2) is 9.37 Å². The summed E-state index contributed by atoms with van der Waals surface area (Å²) in [7, 11) is 0. The van der Waals surface area contributed by atoms with Crippen LogP contribution in [-0.4, -0.2) is 40.6 Å². The number of aromatic nitrogens is 1. The predicted octanol–water partition coefficient (Wildman–Crippen LogP) is 6.43. The molecule has 0 unspecified atom stereocenters. The summed E-state index contributed by atoms with van der Waals surface area (Å²) in [6.45, 7) is -0.0125. The molecule has 39 heavy (non-hydrogen) atoms. The van der Waals surface area contributed by atoms with Gasteiger partial charge in [0.15, 0.2) is 11.6 Å². The van der Waals surface area contributed by atoms with E-state index in [1.54, 1.807) is 35.2 Å². The number of allylic oxidation sites excluding steroid dienone is 1. The third-order valence-electron chi connectivity index (χ3n) is 6.77. The molecule has 0 bridgehead atoms. The lowest BCUT2D eigenvalue weighted by molar-refractivity contribution is 0.00673. The van der Waals surface area contributed by atoms with Gasteiger partial charge in [0.1, 0.15) is 29.8 Å². The minimum absolute atomic E-state index is 0.0229. The van der Waals surface area contributed by atoms with Gasteiger partial charge < -0.3 is 19.8 Å². The van der Waals surface area contributed by atoms with Gasteiger partial charge in [0.05, 0.1) is 45.0 Å². The van der Waals surface area contributed by atoms with E-state index in [4.69, 9.17) is 50.2 Å². The SMILES string of the molecule is N#Cc1cnc(N2CC(O)(c3ccc(OC/C(C(=N)c4c(Cl)cccc4Cl)=C(/O)C4CC4)cc3Cl)C2)c(F)c1. The van der Waals surface area contributed by atoms with Crippen LogP contribution in [0.5, 0.6) is 5.75 Å². The molecule has 2 aromatic carbocycles. The molecular weight excluding hydrogens is 566 g/mol. The van der Waals surface area contributed by atoms with E-state index in [-0.39, 0.29) is 59.1 Å². The van der Waals surface area contributed by atoms with Crippen LogP contribution < -0.4 is 9.64 Å². The molecule has 2 heterocycles. The Morgan fingerprint density at radius 3 is 2.44 bits per heavy atom. The molecule has 3 N–H and O–H groups in total. The van der Waals surface area contributed by atoms with E-state index < -0.39 is 11.4 Å². The van der Waals surface area contributed by atoms with Gasteiger partial charge in [-0.05, 0) is 43.2 Å². The summed E-state index contributed by atoms with van der Waals surface area (Å²) in [4.78, 5) is 5.55. The van der Waals surface area contributed by atoms with Gasteiger partial charge in [0.25, 0.3) is 0 Å². The van der Waals surface area contributed by atoms with Crippen molar-refractivity contribution >= 4 is 46.3 Å². The monoisotopic (exact) mass is 586 g/mol. The van der Waals surface area contributed by atoms with Crippen LogP contribution in [0.3, 0.4) is 0 Å². The van der Waals surface area contributed by atoms with Crippen molar-refractivity contribution in [1.82, 2.24) is 4.98 Å². The Balaban J connectivity index is 1.31. The Morgan fingerprint density at radius 1 is 1.15 bits per heavy atom. The molecule has 0 amide bonds. The van der Waals surface area contributed by atoms with Gasteiger partial charge >= 0.3 is 0 Å². The number of hydrogen-bond acceptors (Lipinski definition) is 7. The van der Waals surface area contributed by atoms with E-state index in [1.165, 1.54) is 12.3 Å². The fourth-order valence-electron chi connectivity index (χ4n) is 4.51. The highest BCUT2D eigenvalue weighted by molar-refractivity contribution is 6.41. The zero-order valence-electron chi connectivity index (χ0n) is 20.4. The number of aliphatic hydroxyl groups excluding tert-OH is 1. The fourth-order valence-corrected chi connectivity index (χ4v) is 5.45. The quantitative estimate of drug-likeness (QED) is 0.207. The van der Waals surface area contributed by atoms with Gasteiger partial charge in [0, 0.05) is 23.2 Å². The summed E-state index contributed by atoms with van der Waals surface area (Å²) in [5.74, 6) is -0.199. The number of nitriles is 1. The number of nitrogens with one attached hydrogen (secondary N) is 1. The maximum Gasteiger partial charge on any atom is 0.166 e. The molecule has 0 spiro atoms. The van der Waals surface area contributed by atoms with E-state index in [1.807, 2.05) is 6.07 Å². The Bertz CT molecular complexity index is 1530. The Morgan fingerprint density at radius 2 is 1.85 bits per heavy atom. The molecule has 0 radical (unpaired) electrons. The second kappa shape index (κ2) is 10.7. The van der Waals surface area contributed by atoms with E-state index in [0.29, 0.717) is 26.9 Å². The molecule has 2 aliphatic rings. The average Bonchev–Trinajstić information content (AvgIpc) is 3.72. The summed E-state index contributed by atoms with van der Waals surface area (Å²) >= 11 is 19.1. The molecule has 11 heteroatoms. The predicted molar refractivity (Wildman–Crippen MR) is 148 cm³/mol. The van der Waals surface area contributed by atoms with Crippen molar-refractivity contribution in [1.29, 1.82) is 10.7 Å². The van der Waals surface area contributed by atoms with Crippen molar-refractivity contribution in [2.75, 3.05) is 24.6 Å². The maximum absolute atomic E-state index is 14.3. The van der Waals surface area contributed by atoms with Gasteiger partial charge in [-0.1, -0.05) is 46.9 Å². The molecule has 2 fully saturated rings. The molecule has 5 rings (SSSR count). The number of aliphatic hydroxyl groups is 2. The fraction of sp³-hybridized carbons (Fsp3) is 0.250. The molecular formula is C28H22Cl3FN4O3. The van der Waals surface area contributed by atoms with Crippen LogP contribution in [0.25, 0.3) is 0 Å². The van der Waals surface area contributed by atoms with E-state index in [2.05, 4.69) is 4.98 Å². The second-order valence-electron chi connectivity index (χ2n) is 9.57. The van der Waals surface area contributed by atoms with Crippen molar-refractivity contribution in [3.63, 3.8) is 0 Å². The lowest BCUT2D eigenvalue weighted by Gasteiger charge is -2.47. The van der Waals surface area contributed by atoms with Crippen LogP contribution >= 0.6 is 34.8 Å². The van der Waals surface area contributed by atoms with Gasteiger partial charge in [-0.2, -0.15) is 5.26 Å². The Kier molecular flexibility index (Phi) is 7.45. The van der Waals surface area contributed by atoms with E-state index in [9.17, 15) is 14.6 Å². The number of halogens is 4. The molecule has 0 atom stereocenters. The number of anilines is 1. The summed E-state index contributed by atoms with van der Waals surface area (Å²) in [5.41, 5.74) is -0.225. The number of rotatable bonds is 8. The van der Waals surface area contributed by atoms with Crippen LogP contribution in [-0.2, 0) is 5.60 Å². The highest BCUT2D eigenvalue weighted by Gasteiger charge is 2.45. The zero-order chi connectivity index (χ0) is 27.9.